The zero-order valence-electron chi connectivity index (χ0n) is 9.88. The molecule has 1 heterocycles. The van der Waals surface area contributed by atoms with Gasteiger partial charge in [-0.25, -0.2) is 4.79 Å². The van der Waals surface area contributed by atoms with Gasteiger partial charge in [-0.1, -0.05) is 26.3 Å². The lowest BCUT2D eigenvalue weighted by Crippen LogP contribution is -2.45. The minimum absolute atomic E-state index is 0.125. The average Bonchev–Trinajstić information content (AvgIpc) is 2.35. The number of hydrogen-bond acceptors (Lipinski definition) is 3. The van der Waals surface area contributed by atoms with E-state index in [1.165, 1.54) is 6.20 Å². The van der Waals surface area contributed by atoms with Gasteiger partial charge < -0.3 is 10.4 Å². The van der Waals surface area contributed by atoms with Crippen molar-refractivity contribution in [1.82, 2.24) is 10.3 Å². The summed E-state index contributed by atoms with van der Waals surface area (Å²) in [6, 6.07) is 4.04. The van der Waals surface area contributed by atoms with E-state index in [1.807, 2.05) is 6.92 Å². The summed E-state index contributed by atoms with van der Waals surface area (Å²) < 4.78 is 0. The third-order valence-corrected chi connectivity index (χ3v) is 2.66. The standard InChI is InChI=1S/C12H16N2O3/c1-3-8(2)10(12(16)17)14-11(15)9-6-4-5-7-13-9/h4-8,10H,3H2,1-2H3,(H,14,15)(H,16,17)/t8-,10-/m1/s1. The van der Waals surface area contributed by atoms with Gasteiger partial charge in [0.1, 0.15) is 11.7 Å². The van der Waals surface area contributed by atoms with Crippen LogP contribution in [0.3, 0.4) is 0 Å². The number of nitrogens with one attached hydrogen (secondary N) is 1. The van der Waals surface area contributed by atoms with Crippen molar-refractivity contribution < 1.29 is 14.7 Å². The lowest BCUT2D eigenvalue weighted by atomic mass is 9.99. The molecule has 0 aliphatic rings. The molecule has 17 heavy (non-hydrogen) atoms. The number of nitrogens with zero attached hydrogens (tertiary/aromatic N) is 1. The number of carboxylic acid groups (broad SMARTS) is 1. The van der Waals surface area contributed by atoms with Crippen molar-refractivity contribution in [3.05, 3.63) is 30.1 Å². The van der Waals surface area contributed by atoms with Gasteiger partial charge in [0.05, 0.1) is 0 Å². The molecule has 5 nitrogen and oxygen atoms in total. The third kappa shape index (κ3) is 3.55. The van der Waals surface area contributed by atoms with Crippen LogP contribution >= 0.6 is 0 Å². The highest BCUT2D eigenvalue weighted by molar-refractivity contribution is 5.94. The quantitative estimate of drug-likeness (QED) is 0.807. The van der Waals surface area contributed by atoms with Crippen LogP contribution in [0.15, 0.2) is 24.4 Å². The minimum atomic E-state index is -1.02. The topological polar surface area (TPSA) is 79.3 Å². The van der Waals surface area contributed by atoms with Gasteiger partial charge in [0.25, 0.3) is 5.91 Å². The largest absolute Gasteiger partial charge is 0.480 e. The molecule has 0 spiro atoms. The number of amides is 1. The molecule has 5 heteroatoms. The molecule has 92 valence electrons. The molecule has 1 aromatic heterocycles. The Morgan fingerprint density at radius 2 is 2.18 bits per heavy atom. The van der Waals surface area contributed by atoms with E-state index in [0.29, 0.717) is 6.42 Å². The molecule has 1 amide bonds. The lowest BCUT2D eigenvalue weighted by Gasteiger charge is -2.19. The van der Waals surface area contributed by atoms with Crippen molar-refractivity contribution in [2.45, 2.75) is 26.3 Å². The zero-order valence-corrected chi connectivity index (χ0v) is 9.88. The van der Waals surface area contributed by atoms with Crippen molar-refractivity contribution in [3.63, 3.8) is 0 Å². The molecule has 0 saturated carbocycles. The summed E-state index contributed by atoms with van der Waals surface area (Å²) in [6.07, 6.45) is 2.17. The monoisotopic (exact) mass is 236 g/mol. The van der Waals surface area contributed by atoms with Gasteiger partial charge in [0, 0.05) is 6.20 Å². The zero-order chi connectivity index (χ0) is 12.8. The second-order valence-electron chi connectivity index (χ2n) is 3.89. The predicted octanol–water partition coefficient (Wildman–Crippen LogP) is 1.31. The number of aromatic nitrogens is 1. The highest BCUT2D eigenvalue weighted by Gasteiger charge is 2.25. The summed E-state index contributed by atoms with van der Waals surface area (Å²) >= 11 is 0. The van der Waals surface area contributed by atoms with Crippen LogP contribution < -0.4 is 5.32 Å². The maximum absolute atomic E-state index is 11.7. The molecule has 2 atom stereocenters. The van der Waals surface area contributed by atoms with Gasteiger partial charge in [0.15, 0.2) is 0 Å². The number of carbonyl (C=O) groups excluding carboxylic acids is 1. The summed E-state index contributed by atoms with van der Waals surface area (Å²) in [7, 11) is 0. The van der Waals surface area contributed by atoms with Gasteiger partial charge in [-0.2, -0.15) is 0 Å². The van der Waals surface area contributed by atoms with Crippen LogP contribution in [0, 0.1) is 5.92 Å². The Bertz CT molecular complexity index is 392. The predicted molar refractivity (Wildman–Crippen MR) is 62.6 cm³/mol. The number of carboxylic acids is 1. The van der Waals surface area contributed by atoms with Crippen molar-refractivity contribution in [1.29, 1.82) is 0 Å². The van der Waals surface area contributed by atoms with Crippen molar-refractivity contribution >= 4 is 11.9 Å². The van der Waals surface area contributed by atoms with Crippen molar-refractivity contribution in [2.24, 2.45) is 5.92 Å². The van der Waals surface area contributed by atoms with E-state index in [-0.39, 0.29) is 11.6 Å². The number of rotatable bonds is 5. The molecule has 0 bridgehead atoms. The fourth-order valence-electron chi connectivity index (χ4n) is 1.40. The minimum Gasteiger partial charge on any atom is -0.480 e. The fraction of sp³-hybridized carbons (Fsp3) is 0.417. The normalized spacial score (nSPS) is 13.8. The Balaban J connectivity index is 2.75. The molecule has 0 saturated heterocycles. The van der Waals surface area contributed by atoms with E-state index in [1.54, 1.807) is 25.1 Å². The second kappa shape index (κ2) is 5.98. The Morgan fingerprint density at radius 1 is 1.47 bits per heavy atom. The van der Waals surface area contributed by atoms with Gasteiger partial charge >= 0.3 is 5.97 Å². The third-order valence-electron chi connectivity index (χ3n) is 2.66. The van der Waals surface area contributed by atoms with E-state index in [2.05, 4.69) is 10.3 Å². The molecule has 1 rings (SSSR count). The second-order valence-corrected chi connectivity index (χ2v) is 3.89. The number of hydrogen-bond donors (Lipinski definition) is 2. The van der Waals surface area contributed by atoms with Crippen LogP contribution in [0.2, 0.25) is 0 Å². The lowest BCUT2D eigenvalue weighted by molar-refractivity contribution is -0.140. The maximum atomic E-state index is 11.7. The van der Waals surface area contributed by atoms with E-state index >= 15 is 0 Å². The highest BCUT2D eigenvalue weighted by atomic mass is 16.4. The van der Waals surface area contributed by atoms with Crippen LogP contribution in [0.5, 0.6) is 0 Å². The Kier molecular flexibility index (Phi) is 4.63. The molecule has 0 aliphatic carbocycles. The first-order chi connectivity index (χ1) is 8.06. The van der Waals surface area contributed by atoms with E-state index < -0.39 is 17.9 Å². The van der Waals surface area contributed by atoms with Gasteiger partial charge in [0.2, 0.25) is 0 Å². The van der Waals surface area contributed by atoms with Crippen LogP contribution in [0.1, 0.15) is 30.8 Å². The molecular weight excluding hydrogens is 220 g/mol. The average molecular weight is 236 g/mol. The summed E-state index contributed by atoms with van der Waals surface area (Å²) in [4.78, 5) is 26.6. The van der Waals surface area contributed by atoms with Gasteiger partial charge in [-0.05, 0) is 18.1 Å². The maximum Gasteiger partial charge on any atom is 0.326 e. The molecular formula is C12H16N2O3. The summed E-state index contributed by atoms with van der Waals surface area (Å²) in [6.45, 7) is 3.67. The van der Waals surface area contributed by atoms with Crippen molar-refractivity contribution in [2.75, 3.05) is 0 Å². The van der Waals surface area contributed by atoms with Crippen LogP contribution in [0.25, 0.3) is 0 Å². The van der Waals surface area contributed by atoms with Crippen LogP contribution in [0.4, 0.5) is 0 Å². The Morgan fingerprint density at radius 3 is 2.65 bits per heavy atom. The van der Waals surface area contributed by atoms with Crippen molar-refractivity contribution in [3.8, 4) is 0 Å². The molecule has 1 aromatic rings. The molecule has 0 aromatic carbocycles. The molecule has 2 N–H and O–H groups in total. The molecule has 0 aliphatic heterocycles. The Hall–Kier alpha value is -1.91. The Labute approximate surface area is 99.9 Å². The molecule has 0 fully saturated rings. The first kappa shape index (κ1) is 13.2. The first-order valence-corrected chi connectivity index (χ1v) is 5.51. The number of aliphatic carboxylic acids is 1. The highest BCUT2D eigenvalue weighted by Crippen LogP contribution is 2.08. The number of pyridine rings is 1. The van der Waals surface area contributed by atoms with E-state index in [4.69, 9.17) is 5.11 Å². The van der Waals surface area contributed by atoms with Gasteiger partial charge in [-0.3, -0.25) is 9.78 Å². The number of carbonyl (C=O) groups is 2. The van der Waals surface area contributed by atoms with Crippen LogP contribution in [-0.4, -0.2) is 28.0 Å². The summed E-state index contributed by atoms with van der Waals surface area (Å²) in [5.41, 5.74) is 0.224. The fourth-order valence-corrected chi connectivity index (χ4v) is 1.40. The smallest absolute Gasteiger partial charge is 0.326 e. The molecule has 0 unspecified atom stereocenters. The van der Waals surface area contributed by atoms with Gasteiger partial charge in [-0.15, -0.1) is 0 Å². The van der Waals surface area contributed by atoms with E-state index in [9.17, 15) is 9.59 Å². The summed E-state index contributed by atoms with van der Waals surface area (Å²) in [5, 5.41) is 11.5. The van der Waals surface area contributed by atoms with Crippen LogP contribution in [-0.2, 0) is 4.79 Å². The summed E-state index contributed by atoms with van der Waals surface area (Å²) in [5.74, 6) is -1.61. The first-order valence-electron chi connectivity index (χ1n) is 5.51. The molecule has 0 radical (unpaired) electrons. The van der Waals surface area contributed by atoms with E-state index in [0.717, 1.165) is 0 Å². The SMILES string of the molecule is CC[C@@H](C)[C@@H](NC(=O)c1ccccn1)C(=O)O.